The Morgan fingerprint density at radius 2 is 2.19 bits per heavy atom. The Bertz CT molecular complexity index is 628. The fourth-order valence-electron chi connectivity index (χ4n) is 1.80. The first kappa shape index (κ1) is 16.2. The highest BCUT2D eigenvalue weighted by Crippen LogP contribution is 2.21. The molecule has 0 aliphatic rings. The average molecular weight is 294 g/mol. The van der Waals surface area contributed by atoms with Crippen LogP contribution in [-0.2, 0) is 16.1 Å². The summed E-state index contributed by atoms with van der Waals surface area (Å²) in [5, 5.41) is 25.9. The van der Waals surface area contributed by atoms with Gasteiger partial charge >= 0.3 is 11.7 Å². The second-order valence-corrected chi connectivity index (χ2v) is 4.30. The molecule has 0 aliphatic heterocycles. The normalized spacial score (nSPS) is 11.5. The van der Waals surface area contributed by atoms with Crippen molar-refractivity contribution in [3.63, 3.8) is 0 Å². The van der Waals surface area contributed by atoms with E-state index in [1.807, 2.05) is 0 Å². The van der Waals surface area contributed by atoms with Crippen LogP contribution in [0, 0.1) is 36.3 Å². The quantitative estimate of drug-likeness (QED) is 0.432. The van der Waals surface area contributed by atoms with Crippen LogP contribution in [0.1, 0.15) is 17.8 Å². The van der Waals surface area contributed by atoms with Gasteiger partial charge in [0.15, 0.2) is 0 Å². The van der Waals surface area contributed by atoms with Gasteiger partial charge in [-0.1, -0.05) is 0 Å². The van der Waals surface area contributed by atoms with Crippen LogP contribution in [0.5, 0.6) is 0 Å². The minimum Gasteiger partial charge on any atom is -0.480 e. The molecule has 1 unspecified atom stereocenters. The summed E-state index contributed by atoms with van der Waals surface area (Å²) in [5.41, 5.74) is 0.237. The van der Waals surface area contributed by atoms with Crippen LogP contribution in [0.4, 0.5) is 5.69 Å². The lowest BCUT2D eigenvalue weighted by Crippen LogP contribution is -2.42. The topological polar surface area (TPSA) is 127 Å². The van der Waals surface area contributed by atoms with Crippen molar-refractivity contribution in [3.8, 4) is 12.3 Å². The fraction of sp³-hybridized carbons (Fsp3) is 0.417. The third-order valence-corrected chi connectivity index (χ3v) is 2.77. The SMILES string of the molecule is C#CCC(NC(=O)Cn1nc(C)c([N+](=O)[O-])c1C)C(=O)O. The molecule has 0 spiro atoms. The van der Waals surface area contributed by atoms with Crippen LogP contribution in [0.2, 0.25) is 0 Å². The van der Waals surface area contributed by atoms with E-state index in [9.17, 15) is 19.7 Å². The molecule has 0 aromatic carbocycles. The Morgan fingerprint density at radius 1 is 1.57 bits per heavy atom. The highest BCUT2D eigenvalue weighted by Gasteiger charge is 2.24. The maximum Gasteiger partial charge on any atom is 0.327 e. The molecule has 0 saturated carbocycles. The number of carbonyl (C=O) groups is 2. The number of carboxylic acid groups (broad SMARTS) is 1. The van der Waals surface area contributed by atoms with Gasteiger partial charge in [0.05, 0.1) is 4.92 Å². The van der Waals surface area contributed by atoms with Crippen molar-refractivity contribution in [3.05, 3.63) is 21.5 Å². The molecule has 9 heteroatoms. The van der Waals surface area contributed by atoms with E-state index in [2.05, 4.69) is 16.3 Å². The van der Waals surface area contributed by atoms with Crippen molar-refractivity contribution in [1.29, 1.82) is 0 Å². The number of nitrogens with one attached hydrogen (secondary N) is 1. The Kier molecular flexibility index (Phi) is 5.01. The van der Waals surface area contributed by atoms with Gasteiger partial charge in [-0.2, -0.15) is 5.10 Å². The molecule has 9 nitrogen and oxygen atoms in total. The average Bonchev–Trinajstić information content (AvgIpc) is 2.63. The number of carboxylic acids is 1. The summed E-state index contributed by atoms with van der Waals surface area (Å²) in [4.78, 5) is 32.9. The lowest BCUT2D eigenvalue weighted by molar-refractivity contribution is -0.386. The third-order valence-electron chi connectivity index (χ3n) is 2.77. The number of nitrogens with zero attached hydrogens (tertiary/aromatic N) is 3. The fourth-order valence-corrected chi connectivity index (χ4v) is 1.80. The van der Waals surface area contributed by atoms with Gasteiger partial charge in [0, 0.05) is 6.42 Å². The predicted molar refractivity (Wildman–Crippen MR) is 71.4 cm³/mol. The first-order valence-electron chi connectivity index (χ1n) is 5.92. The molecule has 0 aliphatic carbocycles. The molecule has 1 aromatic heterocycles. The van der Waals surface area contributed by atoms with Crippen molar-refractivity contribution >= 4 is 17.6 Å². The molecule has 1 rings (SSSR count). The molecular weight excluding hydrogens is 280 g/mol. The molecule has 0 bridgehead atoms. The maximum absolute atomic E-state index is 11.8. The van der Waals surface area contributed by atoms with E-state index in [0.717, 1.165) is 4.68 Å². The molecule has 2 N–H and O–H groups in total. The van der Waals surface area contributed by atoms with E-state index in [1.165, 1.54) is 13.8 Å². The Hall–Kier alpha value is -2.89. The maximum atomic E-state index is 11.8. The van der Waals surface area contributed by atoms with Gasteiger partial charge in [-0.3, -0.25) is 19.6 Å². The minimum absolute atomic E-state index is 0.154. The van der Waals surface area contributed by atoms with Gasteiger partial charge in [-0.25, -0.2) is 4.79 Å². The number of rotatable bonds is 6. The highest BCUT2D eigenvalue weighted by atomic mass is 16.6. The summed E-state index contributed by atoms with van der Waals surface area (Å²) in [7, 11) is 0. The van der Waals surface area contributed by atoms with Crippen molar-refractivity contribution in [2.45, 2.75) is 32.9 Å². The molecule has 1 atom stereocenters. The molecule has 1 heterocycles. The number of aromatic nitrogens is 2. The standard InChI is InChI=1S/C12H14N4O5/c1-4-5-9(12(18)19)13-10(17)6-15-8(3)11(16(20)21)7(2)14-15/h1,9H,5-6H2,2-3H3,(H,13,17)(H,18,19). The summed E-state index contributed by atoms with van der Waals surface area (Å²) in [5.74, 6) is 0.261. The number of aryl methyl sites for hydroxylation is 1. The van der Waals surface area contributed by atoms with E-state index < -0.39 is 22.8 Å². The number of nitro groups is 1. The molecule has 0 fully saturated rings. The zero-order chi connectivity index (χ0) is 16.2. The van der Waals surface area contributed by atoms with Crippen molar-refractivity contribution in [1.82, 2.24) is 15.1 Å². The van der Waals surface area contributed by atoms with Crippen molar-refractivity contribution in [2.24, 2.45) is 0 Å². The van der Waals surface area contributed by atoms with E-state index in [4.69, 9.17) is 11.5 Å². The van der Waals surface area contributed by atoms with Crippen molar-refractivity contribution in [2.75, 3.05) is 0 Å². The molecular formula is C12H14N4O5. The van der Waals surface area contributed by atoms with Gasteiger partial charge in [-0.15, -0.1) is 12.3 Å². The highest BCUT2D eigenvalue weighted by molar-refractivity contribution is 5.83. The number of aliphatic carboxylic acids is 1. The van der Waals surface area contributed by atoms with E-state index in [1.54, 1.807) is 0 Å². The van der Waals surface area contributed by atoms with Gasteiger partial charge in [0.25, 0.3) is 0 Å². The number of terminal acetylenes is 1. The van der Waals surface area contributed by atoms with Gasteiger partial charge in [0.2, 0.25) is 5.91 Å². The van der Waals surface area contributed by atoms with Crippen LogP contribution >= 0.6 is 0 Å². The number of amides is 1. The molecule has 0 saturated heterocycles. The lowest BCUT2D eigenvalue weighted by atomic mass is 10.2. The van der Waals surface area contributed by atoms with Crippen LogP contribution in [0.25, 0.3) is 0 Å². The van der Waals surface area contributed by atoms with Gasteiger partial charge in [-0.05, 0) is 13.8 Å². The van der Waals surface area contributed by atoms with E-state index in [0.29, 0.717) is 0 Å². The van der Waals surface area contributed by atoms with Crippen LogP contribution in [0.3, 0.4) is 0 Å². The smallest absolute Gasteiger partial charge is 0.327 e. The lowest BCUT2D eigenvalue weighted by Gasteiger charge is -2.12. The zero-order valence-corrected chi connectivity index (χ0v) is 11.5. The Morgan fingerprint density at radius 3 is 2.62 bits per heavy atom. The summed E-state index contributed by atoms with van der Waals surface area (Å²) in [6.07, 6.45) is 4.86. The second-order valence-electron chi connectivity index (χ2n) is 4.30. The summed E-state index contributed by atoms with van der Waals surface area (Å²) in [6.45, 7) is 2.59. The Labute approximate surface area is 120 Å². The molecule has 21 heavy (non-hydrogen) atoms. The second kappa shape index (κ2) is 6.51. The molecule has 112 valence electrons. The van der Waals surface area contributed by atoms with Crippen molar-refractivity contribution < 1.29 is 19.6 Å². The van der Waals surface area contributed by atoms with Gasteiger partial charge in [0.1, 0.15) is 24.0 Å². The zero-order valence-electron chi connectivity index (χ0n) is 11.5. The predicted octanol–water partition coefficient (Wildman–Crippen LogP) is 0.000840. The molecule has 0 radical (unpaired) electrons. The number of hydrogen-bond acceptors (Lipinski definition) is 5. The Balaban J connectivity index is 2.85. The molecule has 1 aromatic rings. The third kappa shape index (κ3) is 3.79. The minimum atomic E-state index is -1.25. The number of hydrogen-bond donors (Lipinski definition) is 2. The monoisotopic (exact) mass is 294 g/mol. The summed E-state index contributed by atoms with van der Waals surface area (Å²) < 4.78 is 1.15. The number of carbonyl (C=O) groups excluding carboxylic acids is 1. The van der Waals surface area contributed by atoms with Crippen LogP contribution < -0.4 is 5.32 Å². The molecule has 1 amide bonds. The first-order chi connectivity index (χ1) is 9.77. The van der Waals surface area contributed by atoms with Gasteiger partial charge < -0.3 is 10.4 Å². The van der Waals surface area contributed by atoms with Crippen LogP contribution in [0.15, 0.2) is 0 Å². The van der Waals surface area contributed by atoms with Crippen LogP contribution in [-0.4, -0.2) is 37.7 Å². The first-order valence-corrected chi connectivity index (χ1v) is 5.92. The van der Waals surface area contributed by atoms with E-state index in [-0.39, 0.29) is 30.0 Å². The summed E-state index contributed by atoms with van der Waals surface area (Å²) in [6, 6.07) is -1.20. The largest absolute Gasteiger partial charge is 0.480 e. The van der Waals surface area contributed by atoms with E-state index >= 15 is 0 Å². The summed E-state index contributed by atoms with van der Waals surface area (Å²) >= 11 is 0.